The minimum absolute atomic E-state index is 0.0787. The molecule has 1 unspecified atom stereocenters. The third kappa shape index (κ3) is 4.10. The average Bonchev–Trinajstić information content (AvgIpc) is 2.32. The van der Waals surface area contributed by atoms with Crippen LogP contribution in [0.2, 0.25) is 0 Å². The van der Waals surface area contributed by atoms with E-state index >= 15 is 0 Å². The lowest BCUT2D eigenvalue weighted by atomic mass is 9.99. The van der Waals surface area contributed by atoms with E-state index in [1.54, 1.807) is 20.1 Å². The number of nitrogens with one attached hydrogen (secondary N) is 1. The Hall–Kier alpha value is -0.930. The molecule has 0 aliphatic rings. The molecule has 0 saturated carbocycles. The Morgan fingerprint density at radius 3 is 2.82 bits per heavy atom. The van der Waals surface area contributed by atoms with E-state index in [1.165, 1.54) is 0 Å². The van der Waals surface area contributed by atoms with Crippen molar-refractivity contribution in [2.24, 2.45) is 0 Å². The first kappa shape index (κ1) is 14.1. The molecule has 1 N–H and O–H groups in total. The van der Waals surface area contributed by atoms with Crippen molar-refractivity contribution < 1.29 is 9.13 Å². The summed E-state index contributed by atoms with van der Waals surface area (Å²) in [5.74, 6) is -0.0872. The molecule has 0 aliphatic heterocycles. The van der Waals surface area contributed by atoms with Crippen LogP contribution >= 0.6 is 0 Å². The van der Waals surface area contributed by atoms with Crippen molar-refractivity contribution in [3.8, 4) is 0 Å². The number of methoxy groups -OCH3 is 1. The Bertz CT molecular complexity index is 341. The van der Waals surface area contributed by atoms with Gasteiger partial charge in [-0.25, -0.2) is 4.39 Å². The van der Waals surface area contributed by atoms with Crippen LogP contribution in [0.3, 0.4) is 0 Å². The first-order valence-corrected chi connectivity index (χ1v) is 6.18. The molecule has 0 fully saturated rings. The minimum atomic E-state index is -0.0872. The highest BCUT2D eigenvalue weighted by atomic mass is 19.1. The van der Waals surface area contributed by atoms with Gasteiger partial charge in [0.15, 0.2) is 0 Å². The number of hydrogen-bond donors (Lipinski definition) is 1. The Balaban J connectivity index is 2.77. The van der Waals surface area contributed by atoms with E-state index in [0.717, 1.165) is 31.6 Å². The summed E-state index contributed by atoms with van der Waals surface area (Å²) >= 11 is 0. The molecule has 96 valence electrons. The smallest absolute Gasteiger partial charge is 0.130 e. The highest BCUT2D eigenvalue weighted by Crippen LogP contribution is 2.23. The minimum Gasteiger partial charge on any atom is -0.385 e. The molecule has 1 aromatic rings. The molecule has 2 nitrogen and oxygen atoms in total. The van der Waals surface area contributed by atoms with Crippen molar-refractivity contribution in [2.45, 2.75) is 32.7 Å². The summed E-state index contributed by atoms with van der Waals surface area (Å²) < 4.78 is 19.1. The molecule has 0 bridgehead atoms. The van der Waals surface area contributed by atoms with Crippen LogP contribution in [-0.4, -0.2) is 20.3 Å². The summed E-state index contributed by atoms with van der Waals surface area (Å²) in [7, 11) is 1.69. The zero-order valence-corrected chi connectivity index (χ0v) is 10.9. The monoisotopic (exact) mass is 239 g/mol. The van der Waals surface area contributed by atoms with E-state index in [0.29, 0.717) is 5.56 Å². The fraction of sp³-hybridized carbons (Fsp3) is 0.571. The molecule has 0 heterocycles. The molecule has 0 aliphatic carbocycles. The van der Waals surface area contributed by atoms with Gasteiger partial charge in [0.2, 0.25) is 0 Å². The Morgan fingerprint density at radius 1 is 1.41 bits per heavy atom. The molecule has 0 spiro atoms. The van der Waals surface area contributed by atoms with E-state index < -0.39 is 0 Å². The van der Waals surface area contributed by atoms with E-state index in [4.69, 9.17) is 4.74 Å². The number of benzene rings is 1. The van der Waals surface area contributed by atoms with Gasteiger partial charge in [-0.2, -0.15) is 0 Å². The summed E-state index contributed by atoms with van der Waals surface area (Å²) in [5.41, 5.74) is 1.47. The molecule has 0 aromatic heterocycles. The standard InChI is InChI=1S/C14H22FNO/c1-4-16-13(9-6-10-17-3)12-8-5-7-11(2)14(12)15/h5,7-8,13,16H,4,6,9-10H2,1-3H3. The fourth-order valence-electron chi connectivity index (χ4n) is 1.98. The number of hydrogen-bond acceptors (Lipinski definition) is 2. The second-order valence-corrected chi connectivity index (χ2v) is 4.22. The molecular weight excluding hydrogens is 217 g/mol. The summed E-state index contributed by atoms with van der Waals surface area (Å²) in [6, 6.07) is 5.66. The highest BCUT2D eigenvalue weighted by Gasteiger charge is 2.15. The van der Waals surface area contributed by atoms with Crippen LogP contribution in [-0.2, 0) is 4.74 Å². The zero-order valence-electron chi connectivity index (χ0n) is 10.9. The van der Waals surface area contributed by atoms with Gasteiger partial charge in [-0.15, -0.1) is 0 Å². The van der Waals surface area contributed by atoms with E-state index in [2.05, 4.69) is 5.32 Å². The van der Waals surface area contributed by atoms with Crippen LogP contribution in [0, 0.1) is 12.7 Å². The third-order valence-electron chi connectivity index (χ3n) is 2.89. The number of aryl methyl sites for hydroxylation is 1. The van der Waals surface area contributed by atoms with Gasteiger partial charge < -0.3 is 10.1 Å². The van der Waals surface area contributed by atoms with Gasteiger partial charge in [0.25, 0.3) is 0 Å². The molecule has 0 amide bonds. The van der Waals surface area contributed by atoms with Crippen LogP contribution in [0.4, 0.5) is 4.39 Å². The van der Waals surface area contributed by atoms with Crippen molar-refractivity contribution in [1.82, 2.24) is 5.32 Å². The van der Waals surface area contributed by atoms with Crippen molar-refractivity contribution in [3.05, 3.63) is 35.1 Å². The summed E-state index contributed by atoms with van der Waals surface area (Å²) in [6.45, 7) is 5.40. The lowest BCUT2D eigenvalue weighted by Crippen LogP contribution is -2.22. The van der Waals surface area contributed by atoms with Gasteiger partial charge in [-0.1, -0.05) is 25.1 Å². The SMILES string of the molecule is CCNC(CCCOC)c1cccc(C)c1F. The molecule has 0 saturated heterocycles. The first-order valence-electron chi connectivity index (χ1n) is 6.18. The van der Waals surface area contributed by atoms with Crippen molar-refractivity contribution >= 4 is 0 Å². The van der Waals surface area contributed by atoms with Gasteiger partial charge in [0.05, 0.1) is 0 Å². The first-order chi connectivity index (χ1) is 8.20. The zero-order chi connectivity index (χ0) is 12.7. The molecule has 3 heteroatoms. The van der Waals surface area contributed by atoms with Gasteiger partial charge in [-0.05, 0) is 31.9 Å². The van der Waals surface area contributed by atoms with Gasteiger partial charge in [-0.3, -0.25) is 0 Å². The topological polar surface area (TPSA) is 21.3 Å². The quantitative estimate of drug-likeness (QED) is 0.738. The van der Waals surface area contributed by atoms with E-state index in [9.17, 15) is 4.39 Å². The predicted molar refractivity (Wildman–Crippen MR) is 68.7 cm³/mol. The van der Waals surface area contributed by atoms with E-state index in [-0.39, 0.29) is 11.9 Å². The summed E-state index contributed by atoms with van der Waals surface area (Å²) in [4.78, 5) is 0. The van der Waals surface area contributed by atoms with Crippen molar-refractivity contribution in [1.29, 1.82) is 0 Å². The number of ether oxygens (including phenoxy) is 1. The number of halogens is 1. The second-order valence-electron chi connectivity index (χ2n) is 4.22. The maximum Gasteiger partial charge on any atom is 0.130 e. The Morgan fingerprint density at radius 2 is 2.18 bits per heavy atom. The van der Waals surface area contributed by atoms with Crippen molar-refractivity contribution in [3.63, 3.8) is 0 Å². The molecule has 1 aromatic carbocycles. The summed E-state index contributed by atoms with van der Waals surface area (Å²) in [5, 5.41) is 3.33. The van der Waals surface area contributed by atoms with Gasteiger partial charge in [0.1, 0.15) is 5.82 Å². The molecule has 0 radical (unpaired) electrons. The predicted octanol–water partition coefficient (Wildman–Crippen LogP) is 3.21. The largest absolute Gasteiger partial charge is 0.385 e. The molecule has 17 heavy (non-hydrogen) atoms. The maximum absolute atomic E-state index is 14.0. The molecule has 1 rings (SSSR count). The Kier molecular flexibility index (Phi) is 6.16. The van der Waals surface area contributed by atoms with Crippen molar-refractivity contribution in [2.75, 3.05) is 20.3 Å². The van der Waals surface area contributed by atoms with Gasteiger partial charge >= 0.3 is 0 Å². The van der Waals surface area contributed by atoms with Crippen LogP contribution in [0.15, 0.2) is 18.2 Å². The maximum atomic E-state index is 14.0. The van der Waals surface area contributed by atoms with Crippen LogP contribution in [0.1, 0.15) is 36.9 Å². The second kappa shape index (κ2) is 7.41. The number of rotatable bonds is 7. The lowest BCUT2D eigenvalue weighted by Gasteiger charge is -2.19. The fourth-order valence-corrected chi connectivity index (χ4v) is 1.98. The highest BCUT2D eigenvalue weighted by molar-refractivity contribution is 5.27. The molecule has 1 atom stereocenters. The van der Waals surface area contributed by atoms with Crippen LogP contribution in [0.5, 0.6) is 0 Å². The van der Waals surface area contributed by atoms with E-state index in [1.807, 2.05) is 19.1 Å². The van der Waals surface area contributed by atoms with Gasteiger partial charge in [0, 0.05) is 25.3 Å². The Labute approximate surface area is 103 Å². The summed E-state index contributed by atoms with van der Waals surface area (Å²) in [6.07, 6.45) is 1.82. The van der Waals surface area contributed by atoms with Crippen LogP contribution in [0.25, 0.3) is 0 Å². The normalized spacial score (nSPS) is 12.7. The van der Waals surface area contributed by atoms with Crippen LogP contribution < -0.4 is 5.32 Å². The third-order valence-corrected chi connectivity index (χ3v) is 2.89. The lowest BCUT2D eigenvalue weighted by molar-refractivity contribution is 0.188. The molecular formula is C14H22FNO. The average molecular weight is 239 g/mol.